The van der Waals surface area contributed by atoms with E-state index in [9.17, 15) is 5.11 Å². The van der Waals surface area contributed by atoms with Crippen molar-refractivity contribution in [1.82, 2.24) is 30.4 Å². The molecule has 150 valence electrons. The van der Waals surface area contributed by atoms with Crippen LogP contribution in [0.4, 0.5) is 17.6 Å². The van der Waals surface area contributed by atoms with Gasteiger partial charge < -0.3 is 15.7 Å². The minimum absolute atomic E-state index is 0.0496. The maximum atomic E-state index is 9.90. The second kappa shape index (κ2) is 8.14. The molecule has 1 atom stereocenters. The van der Waals surface area contributed by atoms with E-state index in [-0.39, 0.29) is 12.6 Å². The second-order valence-corrected chi connectivity index (χ2v) is 7.85. The number of aliphatic hydroxyl groups is 1. The molecule has 0 radical (unpaired) electrons. The van der Waals surface area contributed by atoms with E-state index in [1.807, 2.05) is 6.07 Å². The molecule has 0 aliphatic heterocycles. The molecule has 9 heteroatoms. The van der Waals surface area contributed by atoms with Gasteiger partial charge in [-0.3, -0.25) is 10.2 Å². The molecule has 0 spiro atoms. The third kappa shape index (κ3) is 3.94. The summed E-state index contributed by atoms with van der Waals surface area (Å²) in [5.74, 6) is 2.60. The zero-order chi connectivity index (χ0) is 19.5. The van der Waals surface area contributed by atoms with Crippen molar-refractivity contribution >= 4 is 28.6 Å². The summed E-state index contributed by atoms with van der Waals surface area (Å²) in [5, 5.41) is 31.7. The van der Waals surface area contributed by atoms with Gasteiger partial charge in [-0.1, -0.05) is 33.1 Å². The number of nitrogens with zero attached hydrogens (tertiary/aromatic N) is 4. The van der Waals surface area contributed by atoms with Crippen molar-refractivity contribution in [3.8, 4) is 0 Å². The Balaban J connectivity index is 1.58. The number of aromatic nitrogens is 6. The Morgan fingerprint density at radius 2 is 2.00 bits per heavy atom. The lowest BCUT2D eigenvalue weighted by atomic mass is 9.84. The van der Waals surface area contributed by atoms with Crippen molar-refractivity contribution in [1.29, 1.82) is 0 Å². The molecule has 3 aromatic heterocycles. The molecule has 0 bridgehead atoms. The highest BCUT2D eigenvalue weighted by molar-refractivity contribution is 5.88. The minimum Gasteiger partial charge on any atom is -0.394 e. The molecule has 0 aromatic carbocycles. The van der Waals surface area contributed by atoms with E-state index in [2.05, 4.69) is 54.8 Å². The number of aliphatic hydroxyl groups excluding tert-OH is 1. The summed E-state index contributed by atoms with van der Waals surface area (Å²) in [4.78, 5) is 9.18. The van der Waals surface area contributed by atoms with Crippen molar-refractivity contribution in [2.45, 2.75) is 57.9 Å². The van der Waals surface area contributed by atoms with Crippen molar-refractivity contribution < 1.29 is 5.11 Å². The average molecular weight is 384 g/mol. The number of rotatable bonds is 7. The third-order valence-corrected chi connectivity index (χ3v) is 5.51. The molecule has 0 amide bonds. The van der Waals surface area contributed by atoms with Crippen molar-refractivity contribution in [3.05, 3.63) is 18.0 Å². The van der Waals surface area contributed by atoms with Crippen LogP contribution < -0.4 is 10.6 Å². The first-order valence-corrected chi connectivity index (χ1v) is 10.0. The van der Waals surface area contributed by atoms with Gasteiger partial charge in [0.2, 0.25) is 5.95 Å². The largest absolute Gasteiger partial charge is 0.394 e. The molecule has 1 saturated carbocycles. The fourth-order valence-corrected chi connectivity index (χ4v) is 3.83. The van der Waals surface area contributed by atoms with Gasteiger partial charge in [-0.05, 0) is 24.7 Å². The highest BCUT2D eigenvalue weighted by Gasteiger charge is 2.24. The molecular formula is C19H28N8O. The van der Waals surface area contributed by atoms with Crippen LogP contribution in [-0.2, 0) is 0 Å². The van der Waals surface area contributed by atoms with Gasteiger partial charge in [0, 0.05) is 11.8 Å². The van der Waals surface area contributed by atoms with Gasteiger partial charge in [-0.25, -0.2) is 0 Å². The van der Waals surface area contributed by atoms with Crippen molar-refractivity contribution in [3.63, 3.8) is 0 Å². The Morgan fingerprint density at radius 3 is 2.71 bits per heavy atom. The van der Waals surface area contributed by atoms with Gasteiger partial charge in [-0.2, -0.15) is 20.2 Å². The first kappa shape index (κ1) is 18.7. The zero-order valence-electron chi connectivity index (χ0n) is 16.4. The van der Waals surface area contributed by atoms with Crippen LogP contribution in [0.5, 0.6) is 0 Å². The standard InChI is InChI=1S/C19H28N8O/c1-11(2)14-8-16(26-25-14)22-17-13-9-20-27-18(13)24-19(23-17)21-15(10-28)12-6-4-3-5-7-12/h8-9,11-12,15,28H,3-7,10H2,1-2H3,(H4,20,21,22,23,24,25,26,27)/t15-/m1/s1. The molecule has 9 nitrogen and oxygen atoms in total. The Hall–Kier alpha value is -2.68. The van der Waals surface area contributed by atoms with Crippen LogP contribution in [0.2, 0.25) is 0 Å². The van der Waals surface area contributed by atoms with Gasteiger partial charge in [0.15, 0.2) is 11.5 Å². The lowest BCUT2D eigenvalue weighted by Crippen LogP contribution is -2.34. The molecule has 1 aliphatic carbocycles. The molecule has 4 rings (SSSR count). The number of nitrogens with one attached hydrogen (secondary N) is 4. The van der Waals surface area contributed by atoms with Crippen LogP contribution in [0.25, 0.3) is 11.0 Å². The van der Waals surface area contributed by atoms with Gasteiger partial charge in [0.05, 0.1) is 24.2 Å². The summed E-state index contributed by atoms with van der Waals surface area (Å²) in [7, 11) is 0. The van der Waals surface area contributed by atoms with Crippen molar-refractivity contribution in [2.24, 2.45) is 5.92 Å². The van der Waals surface area contributed by atoms with E-state index >= 15 is 0 Å². The molecule has 3 aromatic rings. The van der Waals surface area contributed by atoms with Crippen molar-refractivity contribution in [2.75, 3.05) is 17.2 Å². The van der Waals surface area contributed by atoms with Crippen LogP contribution in [0.3, 0.4) is 0 Å². The molecule has 1 fully saturated rings. The molecule has 1 aliphatic rings. The summed E-state index contributed by atoms with van der Waals surface area (Å²) in [5.41, 5.74) is 1.69. The van der Waals surface area contributed by atoms with Gasteiger partial charge in [-0.15, -0.1) is 0 Å². The average Bonchev–Trinajstić information content (AvgIpc) is 3.36. The van der Waals surface area contributed by atoms with Crippen LogP contribution in [0, 0.1) is 5.92 Å². The molecule has 28 heavy (non-hydrogen) atoms. The molecular weight excluding hydrogens is 356 g/mol. The van der Waals surface area contributed by atoms with E-state index in [4.69, 9.17) is 0 Å². The van der Waals surface area contributed by atoms with Gasteiger partial charge in [0.25, 0.3) is 0 Å². The number of hydrogen-bond donors (Lipinski definition) is 5. The molecule has 0 unspecified atom stereocenters. The Kier molecular flexibility index (Phi) is 5.43. The Bertz CT molecular complexity index is 912. The van der Waals surface area contributed by atoms with Crippen LogP contribution >= 0.6 is 0 Å². The number of fused-ring (bicyclic) bond motifs is 1. The predicted octanol–water partition coefficient (Wildman–Crippen LogP) is 3.30. The van der Waals surface area contributed by atoms with E-state index in [1.54, 1.807) is 6.20 Å². The smallest absolute Gasteiger partial charge is 0.227 e. The second-order valence-electron chi connectivity index (χ2n) is 7.85. The number of hydrogen-bond acceptors (Lipinski definition) is 7. The number of H-pyrrole nitrogens is 2. The van der Waals surface area contributed by atoms with Crippen LogP contribution in [0.15, 0.2) is 12.3 Å². The fourth-order valence-electron chi connectivity index (χ4n) is 3.83. The third-order valence-electron chi connectivity index (χ3n) is 5.51. The topological polar surface area (TPSA) is 127 Å². The maximum Gasteiger partial charge on any atom is 0.227 e. The zero-order valence-corrected chi connectivity index (χ0v) is 16.4. The molecule has 5 N–H and O–H groups in total. The van der Waals surface area contributed by atoms with Crippen LogP contribution in [-0.4, -0.2) is 48.1 Å². The first-order chi connectivity index (χ1) is 13.6. The first-order valence-electron chi connectivity index (χ1n) is 10.0. The lowest BCUT2D eigenvalue weighted by Gasteiger charge is -2.29. The lowest BCUT2D eigenvalue weighted by molar-refractivity contribution is 0.209. The van der Waals surface area contributed by atoms with E-state index in [0.717, 1.165) is 23.9 Å². The summed E-state index contributed by atoms with van der Waals surface area (Å²) in [6.45, 7) is 4.28. The number of anilines is 3. The van der Waals surface area contributed by atoms with Gasteiger partial charge in [0.1, 0.15) is 5.82 Å². The summed E-state index contributed by atoms with van der Waals surface area (Å²) < 4.78 is 0. The highest BCUT2D eigenvalue weighted by atomic mass is 16.3. The Morgan fingerprint density at radius 1 is 1.18 bits per heavy atom. The minimum atomic E-state index is -0.0496. The fraction of sp³-hybridized carbons (Fsp3) is 0.579. The van der Waals surface area contributed by atoms with E-state index < -0.39 is 0 Å². The number of aromatic amines is 2. The maximum absolute atomic E-state index is 9.90. The normalized spacial score (nSPS) is 16.6. The Labute approximate surface area is 163 Å². The quantitative estimate of drug-likeness (QED) is 0.423. The monoisotopic (exact) mass is 384 g/mol. The summed E-state index contributed by atoms with van der Waals surface area (Å²) >= 11 is 0. The SMILES string of the molecule is CC(C)c1cc(Nc2nc(N[C@H](CO)C3CCCCC3)nc3[nH]ncc23)n[nH]1. The summed E-state index contributed by atoms with van der Waals surface area (Å²) in [6.07, 6.45) is 7.66. The predicted molar refractivity (Wildman–Crippen MR) is 109 cm³/mol. The summed E-state index contributed by atoms with van der Waals surface area (Å²) in [6, 6.07) is 1.93. The van der Waals surface area contributed by atoms with E-state index in [0.29, 0.717) is 35.1 Å². The molecule has 0 saturated heterocycles. The van der Waals surface area contributed by atoms with E-state index in [1.165, 1.54) is 19.3 Å². The highest BCUT2D eigenvalue weighted by Crippen LogP contribution is 2.29. The molecule has 3 heterocycles. The van der Waals surface area contributed by atoms with Crippen LogP contribution in [0.1, 0.15) is 57.6 Å². The van der Waals surface area contributed by atoms with Gasteiger partial charge >= 0.3 is 0 Å².